The lowest BCUT2D eigenvalue weighted by Gasteiger charge is -2.30. The van der Waals surface area contributed by atoms with Crippen LogP contribution in [0, 0.1) is 0 Å². The first-order chi connectivity index (χ1) is 27.4. The SMILES string of the molecule is CC(C)(C)c1ccc(N(c2ccc(/C=C/c3ccccc3)cc2)c2c3ccccc3c(-c3cccc(-c4ccc(-c5ccccc5)s4)c3)c3ccccc23)cc1. The zero-order chi connectivity index (χ0) is 38.1. The second kappa shape index (κ2) is 15.0. The fourth-order valence-electron chi connectivity index (χ4n) is 7.74. The Morgan fingerprint density at radius 3 is 1.46 bits per heavy atom. The Morgan fingerprint density at radius 1 is 0.411 bits per heavy atom. The standard InChI is InChI=1S/C54H43NS/c1-54(2,3)43-29-33-45(34-30-43)55(44-31-27-39(28-32-44)26-25-38-15-6-4-7-16-38)53-48-23-12-10-21-46(48)52(47-22-11-13-24-49(47)53)42-20-14-19-41(37-42)51-36-35-50(56-51)40-17-8-5-9-18-40/h4-37H,1-3H3/b26-25+. The maximum atomic E-state index is 2.46. The van der Waals surface area contributed by atoms with Gasteiger partial charge in [-0.25, -0.2) is 0 Å². The van der Waals surface area contributed by atoms with Gasteiger partial charge < -0.3 is 4.90 Å². The summed E-state index contributed by atoms with van der Waals surface area (Å²) in [5, 5.41) is 4.88. The Bertz CT molecular complexity index is 2750. The van der Waals surface area contributed by atoms with Gasteiger partial charge in [0.2, 0.25) is 0 Å². The highest BCUT2D eigenvalue weighted by atomic mass is 32.1. The monoisotopic (exact) mass is 737 g/mol. The number of anilines is 3. The van der Waals surface area contributed by atoms with E-state index in [4.69, 9.17) is 0 Å². The molecule has 0 radical (unpaired) electrons. The molecule has 0 unspecified atom stereocenters. The molecule has 270 valence electrons. The van der Waals surface area contributed by atoms with E-state index in [1.807, 2.05) is 11.3 Å². The molecule has 0 N–H and O–H groups in total. The van der Waals surface area contributed by atoms with Gasteiger partial charge in [0.15, 0.2) is 0 Å². The maximum Gasteiger partial charge on any atom is 0.0618 e. The van der Waals surface area contributed by atoms with Crippen LogP contribution in [0.5, 0.6) is 0 Å². The number of benzene rings is 8. The number of hydrogen-bond donors (Lipinski definition) is 0. The number of thiophene rings is 1. The fraction of sp³-hybridized carbons (Fsp3) is 0.0741. The van der Waals surface area contributed by atoms with Gasteiger partial charge in [0.25, 0.3) is 0 Å². The smallest absolute Gasteiger partial charge is 0.0618 e. The van der Waals surface area contributed by atoms with Crippen molar-refractivity contribution in [3.63, 3.8) is 0 Å². The van der Waals surface area contributed by atoms with E-state index < -0.39 is 0 Å². The molecule has 2 heteroatoms. The van der Waals surface area contributed by atoms with Crippen LogP contribution in [-0.2, 0) is 5.41 Å². The van der Waals surface area contributed by atoms with Gasteiger partial charge in [-0.1, -0.05) is 185 Å². The second-order valence-corrected chi connectivity index (χ2v) is 16.5. The molecule has 56 heavy (non-hydrogen) atoms. The third-order valence-electron chi connectivity index (χ3n) is 10.6. The number of hydrogen-bond acceptors (Lipinski definition) is 2. The first-order valence-corrected chi connectivity index (χ1v) is 20.2. The van der Waals surface area contributed by atoms with Crippen molar-refractivity contribution in [1.82, 2.24) is 0 Å². The van der Waals surface area contributed by atoms with E-state index in [1.165, 1.54) is 70.4 Å². The lowest BCUT2D eigenvalue weighted by atomic mass is 9.87. The third-order valence-corrected chi connectivity index (χ3v) is 11.8. The van der Waals surface area contributed by atoms with Crippen LogP contribution in [0.15, 0.2) is 194 Å². The van der Waals surface area contributed by atoms with Crippen LogP contribution in [0.3, 0.4) is 0 Å². The molecule has 1 nitrogen and oxygen atoms in total. The summed E-state index contributed by atoms with van der Waals surface area (Å²) in [4.78, 5) is 5.00. The van der Waals surface area contributed by atoms with Gasteiger partial charge in [0.05, 0.1) is 5.69 Å². The van der Waals surface area contributed by atoms with Crippen LogP contribution in [-0.4, -0.2) is 0 Å². The molecule has 0 amide bonds. The molecule has 0 saturated carbocycles. The van der Waals surface area contributed by atoms with Crippen molar-refractivity contribution >= 4 is 62.1 Å². The summed E-state index contributed by atoms with van der Waals surface area (Å²) in [6.45, 7) is 6.82. The van der Waals surface area contributed by atoms with Crippen LogP contribution in [0.1, 0.15) is 37.5 Å². The van der Waals surface area contributed by atoms with E-state index in [1.54, 1.807) is 0 Å². The molecule has 9 aromatic rings. The Balaban J connectivity index is 1.21. The van der Waals surface area contributed by atoms with Crippen molar-refractivity contribution in [2.24, 2.45) is 0 Å². The van der Waals surface area contributed by atoms with Gasteiger partial charge in [0, 0.05) is 31.9 Å². The normalized spacial score (nSPS) is 11.8. The zero-order valence-electron chi connectivity index (χ0n) is 32.0. The van der Waals surface area contributed by atoms with E-state index in [9.17, 15) is 0 Å². The summed E-state index contributed by atoms with van der Waals surface area (Å²) in [5.41, 5.74) is 12.1. The summed E-state index contributed by atoms with van der Waals surface area (Å²) in [7, 11) is 0. The molecule has 0 fully saturated rings. The summed E-state index contributed by atoms with van der Waals surface area (Å²) in [5.74, 6) is 0. The highest BCUT2D eigenvalue weighted by Gasteiger charge is 2.23. The molecule has 1 heterocycles. The van der Waals surface area contributed by atoms with E-state index in [2.05, 4.69) is 232 Å². The highest BCUT2D eigenvalue weighted by molar-refractivity contribution is 7.18. The predicted octanol–water partition coefficient (Wildman–Crippen LogP) is 16.0. The summed E-state index contributed by atoms with van der Waals surface area (Å²) < 4.78 is 0. The van der Waals surface area contributed by atoms with Gasteiger partial charge in [-0.2, -0.15) is 0 Å². The minimum atomic E-state index is 0.0535. The predicted molar refractivity (Wildman–Crippen MR) is 244 cm³/mol. The topological polar surface area (TPSA) is 3.24 Å². The van der Waals surface area contributed by atoms with Crippen molar-refractivity contribution in [2.45, 2.75) is 26.2 Å². The van der Waals surface area contributed by atoms with Gasteiger partial charge in [-0.05, 0) is 97.6 Å². The van der Waals surface area contributed by atoms with Crippen LogP contribution in [0.4, 0.5) is 17.1 Å². The van der Waals surface area contributed by atoms with Crippen LogP contribution < -0.4 is 4.90 Å². The highest BCUT2D eigenvalue weighted by Crippen LogP contribution is 2.49. The van der Waals surface area contributed by atoms with Gasteiger partial charge >= 0.3 is 0 Å². The summed E-state index contributed by atoms with van der Waals surface area (Å²) >= 11 is 1.85. The quantitative estimate of drug-likeness (QED) is 0.111. The first kappa shape index (κ1) is 35.2. The molecule has 8 aromatic carbocycles. The molecular weight excluding hydrogens is 695 g/mol. The Labute approximate surface area is 334 Å². The van der Waals surface area contributed by atoms with E-state index in [-0.39, 0.29) is 5.41 Å². The van der Waals surface area contributed by atoms with Crippen molar-refractivity contribution < 1.29 is 0 Å². The fourth-order valence-corrected chi connectivity index (χ4v) is 8.75. The molecule has 0 atom stereocenters. The third kappa shape index (κ3) is 6.96. The number of rotatable bonds is 8. The van der Waals surface area contributed by atoms with E-state index in [0.29, 0.717) is 0 Å². The number of nitrogens with zero attached hydrogens (tertiary/aromatic N) is 1. The average Bonchev–Trinajstić information content (AvgIpc) is 3.75. The Kier molecular flexibility index (Phi) is 9.43. The Morgan fingerprint density at radius 2 is 0.875 bits per heavy atom. The lowest BCUT2D eigenvalue weighted by Crippen LogP contribution is -2.14. The molecule has 9 rings (SSSR count). The molecule has 0 bridgehead atoms. The van der Waals surface area contributed by atoms with Gasteiger partial charge in [0.1, 0.15) is 0 Å². The van der Waals surface area contributed by atoms with Gasteiger partial charge in [-0.3, -0.25) is 0 Å². The van der Waals surface area contributed by atoms with E-state index >= 15 is 0 Å². The largest absolute Gasteiger partial charge is 0.309 e. The molecule has 1 aromatic heterocycles. The van der Waals surface area contributed by atoms with Crippen molar-refractivity contribution in [3.8, 4) is 32.0 Å². The molecular formula is C54H43NS. The van der Waals surface area contributed by atoms with Crippen molar-refractivity contribution in [2.75, 3.05) is 4.90 Å². The van der Waals surface area contributed by atoms with Crippen molar-refractivity contribution in [3.05, 3.63) is 211 Å². The summed E-state index contributed by atoms with van der Waals surface area (Å²) in [6.07, 6.45) is 4.36. The van der Waals surface area contributed by atoms with E-state index in [0.717, 1.165) is 16.9 Å². The number of fused-ring (bicyclic) bond motifs is 2. The molecule has 0 saturated heterocycles. The van der Waals surface area contributed by atoms with Crippen LogP contribution >= 0.6 is 11.3 Å². The maximum absolute atomic E-state index is 2.46. The lowest BCUT2D eigenvalue weighted by molar-refractivity contribution is 0.590. The molecule has 0 aliphatic rings. The second-order valence-electron chi connectivity index (χ2n) is 15.4. The summed E-state index contributed by atoms with van der Waals surface area (Å²) in [6, 6.07) is 70.7. The first-order valence-electron chi connectivity index (χ1n) is 19.3. The van der Waals surface area contributed by atoms with Crippen molar-refractivity contribution in [1.29, 1.82) is 0 Å². The van der Waals surface area contributed by atoms with Crippen LogP contribution in [0.2, 0.25) is 0 Å². The molecule has 0 aliphatic heterocycles. The minimum absolute atomic E-state index is 0.0535. The van der Waals surface area contributed by atoms with Crippen LogP contribution in [0.25, 0.3) is 65.7 Å². The molecule has 0 aliphatic carbocycles. The minimum Gasteiger partial charge on any atom is -0.309 e. The zero-order valence-corrected chi connectivity index (χ0v) is 32.8. The Hall–Kier alpha value is -6.48. The van der Waals surface area contributed by atoms with Gasteiger partial charge in [-0.15, -0.1) is 11.3 Å². The molecule has 0 spiro atoms. The average molecular weight is 738 g/mol.